The summed E-state index contributed by atoms with van der Waals surface area (Å²) >= 11 is 5.75. The lowest BCUT2D eigenvalue weighted by Crippen LogP contribution is -2.24. The molecule has 0 fully saturated rings. The van der Waals surface area contributed by atoms with Crippen molar-refractivity contribution in [1.82, 2.24) is 0 Å². The molecule has 30 heavy (non-hydrogen) atoms. The molecule has 5 nitrogen and oxygen atoms in total. The van der Waals surface area contributed by atoms with Crippen LogP contribution in [-0.4, -0.2) is 25.1 Å². The molecule has 1 amide bonds. The Balaban J connectivity index is 1.82. The summed E-state index contributed by atoms with van der Waals surface area (Å²) in [6, 6.07) is 16.0. The van der Waals surface area contributed by atoms with E-state index in [1.807, 2.05) is 36.4 Å². The van der Waals surface area contributed by atoms with E-state index in [1.165, 1.54) is 0 Å². The maximum Gasteiger partial charge on any atom is 0.344 e. The second-order valence-corrected chi connectivity index (χ2v) is 9.03. The van der Waals surface area contributed by atoms with Crippen molar-refractivity contribution in [2.75, 3.05) is 18.5 Å². The molecule has 154 valence electrons. The molecule has 0 saturated heterocycles. The Morgan fingerprint density at radius 3 is 2.80 bits per heavy atom. The molecule has 0 unspecified atom stereocenters. The zero-order valence-electron chi connectivity index (χ0n) is 16.2. The SMILES string of the molecule is CCOC(=O)COc1c(I)cc(Br)cc1[C@@H]1CC(=O)Nc2c1ccc1ccccc21. The average Bonchev–Trinajstić information content (AvgIpc) is 2.72. The molecular weight excluding hydrogens is 561 g/mol. The Hall–Kier alpha value is -2.13. The summed E-state index contributed by atoms with van der Waals surface area (Å²) in [4.78, 5) is 24.5. The van der Waals surface area contributed by atoms with Crippen LogP contribution in [0, 0.1) is 3.57 Å². The van der Waals surface area contributed by atoms with Crippen LogP contribution in [0.5, 0.6) is 5.75 Å². The number of carbonyl (C=O) groups excluding carboxylic acids is 2. The second kappa shape index (κ2) is 8.93. The topological polar surface area (TPSA) is 64.6 Å². The van der Waals surface area contributed by atoms with Crippen molar-refractivity contribution in [1.29, 1.82) is 0 Å². The molecule has 4 rings (SSSR count). The summed E-state index contributed by atoms with van der Waals surface area (Å²) in [6.45, 7) is 1.88. The Labute approximate surface area is 196 Å². The quantitative estimate of drug-likeness (QED) is 0.315. The molecule has 1 atom stereocenters. The third kappa shape index (κ3) is 4.18. The van der Waals surface area contributed by atoms with Gasteiger partial charge in [0.1, 0.15) is 5.75 Å². The van der Waals surface area contributed by atoms with Crippen molar-refractivity contribution in [2.24, 2.45) is 0 Å². The van der Waals surface area contributed by atoms with Gasteiger partial charge in [0.15, 0.2) is 6.61 Å². The third-order valence-corrected chi connectivity index (χ3v) is 6.30. The van der Waals surface area contributed by atoms with E-state index in [0.717, 1.165) is 35.6 Å². The predicted molar refractivity (Wildman–Crippen MR) is 128 cm³/mol. The van der Waals surface area contributed by atoms with Crippen LogP contribution in [0.2, 0.25) is 0 Å². The maximum absolute atomic E-state index is 12.6. The van der Waals surface area contributed by atoms with Gasteiger partial charge in [-0.3, -0.25) is 4.79 Å². The molecular formula is C23H19BrINO4. The van der Waals surface area contributed by atoms with E-state index in [1.54, 1.807) is 6.92 Å². The van der Waals surface area contributed by atoms with Gasteiger partial charge in [-0.05, 0) is 52.6 Å². The summed E-state index contributed by atoms with van der Waals surface area (Å²) in [5.41, 5.74) is 2.73. The van der Waals surface area contributed by atoms with E-state index < -0.39 is 5.97 Å². The maximum atomic E-state index is 12.6. The first-order chi connectivity index (χ1) is 14.5. The highest BCUT2D eigenvalue weighted by molar-refractivity contribution is 14.1. The van der Waals surface area contributed by atoms with E-state index in [4.69, 9.17) is 9.47 Å². The van der Waals surface area contributed by atoms with Gasteiger partial charge in [0.2, 0.25) is 5.91 Å². The van der Waals surface area contributed by atoms with Gasteiger partial charge in [0.25, 0.3) is 0 Å². The molecule has 1 N–H and O–H groups in total. The van der Waals surface area contributed by atoms with Gasteiger partial charge in [0, 0.05) is 27.8 Å². The number of ether oxygens (including phenoxy) is 2. The molecule has 0 aromatic heterocycles. The minimum atomic E-state index is -0.421. The minimum Gasteiger partial charge on any atom is -0.480 e. The average molecular weight is 580 g/mol. The number of hydrogen-bond donors (Lipinski definition) is 1. The van der Waals surface area contributed by atoms with Gasteiger partial charge >= 0.3 is 5.97 Å². The fourth-order valence-corrected chi connectivity index (χ4v) is 5.51. The molecule has 1 aliphatic heterocycles. The number of benzene rings is 3. The van der Waals surface area contributed by atoms with Gasteiger partial charge in [-0.2, -0.15) is 0 Å². The van der Waals surface area contributed by atoms with E-state index in [-0.39, 0.29) is 18.4 Å². The van der Waals surface area contributed by atoms with Crippen LogP contribution in [0.1, 0.15) is 30.4 Å². The normalized spacial score (nSPS) is 15.4. The Morgan fingerprint density at radius 2 is 2.00 bits per heavy atom. The number of fused-ring (bicyclic) bond motifs is 3. The van der Waals surface area contributed by atoms with Gasteiger partial charge in [-0.1, -0.05) is 52.3 Å². The highest BCUT2D eigenvalue weighted by atomic mass is 127. The van der Waals surface area contributed by atoms with E-state index >= 15 is 0 Å². The van der Waals surface area contributed by atoms with Gasteiger partial charge in [0.05, 0.1) is 15.9 Å². The summed E-state index contributed by atoms with van der Waals surface area (Å²) in [5, 5.41) is 5.13. The standard InChI is InChI=1S/C23H19BrINO4/c1-2-29-21(28)12-30-23-18(9-14(24)10-19(23)25)17-11-20(27)26-22-15-6-4-3-5-13(15)7-8-16(17)22/h3-10,17H,2,11-12H2,1H3,(H,26,27)/t17-/m1/s1. The lowest BCUT2D eigenvalue weighted by atomic mass is 9.83. The number of nitrogens with one attached hydrogen (secondary N) is 1. The molecule has 0 saturated carbocycles. The largest absolute Gasteiger partial charge is 0.480 e. The molecule has 0 radical (unpaired) electrons. The molecule has 0 spiro atoms. The van der Waals surface area contributed by atoms with Crippen molar-refractivity contribution in [3.8, 4) is 5.75 Å². The van der Waals surface area contributed by atoms with Gasteiger partial charge in [-0.15, -0.1) is 0 Å². The second-order valence-electron chi connectivity index (χ2n) is 6.96. The first-order valence-electron chi connectivity index (χ1n) is 9.56. The van der Waals surface area contributed by atoms with Crippen molar-refractivity contribution in [2.45, 2.75) is 19.3 Å². The van der Waals surface area contributed by atoms with Crippen LogP contribution in [0.3, 0.4) is 0 Å². The lowest BCUT2D eigenvalue weighted by molar-refractivity contribution is -0.145. The number of amides is 1. The molecule has 3 aromatic rings. The van der Waals surface area contributed by atoms with Crippen LogP contribution < -0.4 is 10.1 Å². The van der Waals surface area contributed by atoms with Crippen molar-refractivity contribution < 1.29 is 19.1 Å². The van der Waals surface area contributed by atoms with Gasteiger partial charge < -0.3 is 14.8 Å². The van der Waals surface area contributed by atoms with Crippen LogP contribution in [0.25, 0.3) is 10.8 Å². The number of rotatable bonds is 5. The fraction of sp³-hybridized carbons (Fsp3) is 0.217. The van der Waals surface area contributed by atoms with E-state index in [9.17, 15) is 9.59 Å². The summed E-state index contributed by atoms with van der Waals surface area (Å²) in [6.07, 6.45) is 0.299. The zero-order chi connectivity index (χ0) is 21.3. The Bertz CT molecular complexity index is 1150. The Morgan fingerprint density at radius 1 is 1.20 bits per heavy atom. The monoisotopic (exact) mass is 579 g/mol. The minimum absolute atomic E-state index is 0.0461. The summed E-state index contributed by atoms with van der Waals surface area (Å²) in [7, 11) is 0. The van der Waals surface area contributed by atoms with Crippen LogP contribution in [-0.2, 0) is 14.3 Å². The van der Waals surface area contributed by atoms with E-state index in [0.29, 0.717) is 18.8 Å². The van der Waals surface area contributed by atoms with Crippen LogP contribution in [0.15, 0.2) is 53.0 Å². The molecule has 1 aliphatic rings. The highest BCUT2D eigenvalue weighted by Crippen LogP contribution is 2.45. The molecule has 3 aromatic carbocycles. The Kier molecular flexibility index (Phi) is 6.29. The van der Waals surface area contributed by atoms with Gasteiger partial charge in [-0.25, -0.2) is 4.79 Å². The number of anilines is 1. The number of halogens is 2. The number of carbonyl (C=O) groups is 2. The smallest absolute Gasteiger partial charge is 0.344 e. The first-order valence-corrected chi connectivity index (χ1v) is 11.4. The molecule has 0 bridgehead atoms. The number of hydrogen-bond acceptors (Lipinski definition) is 4. The summed E-state index contributed by atoms with van der Waals surface area (Å²) in [5.74, 6) is -0.0580. The fourth-order valence-electron chi connectivity index (χ4n) is 3.81. The number of esters is 1. The predicted octanol–water partition coefficient (Wildman–Crippen LogP) is 5.62. The van der Waals surface area contributed by atoms with Crippen LogP contribution in [0.4, 0.5) is 5.69 Å². The van der Waals surface area contributed by atoms with Crippen molar-refractivity contribution in [3.63, 3.8) is 0 Å². The molecule has 0 aliphatic carbocycles. The molecule has 7 heteroatoms. The van der Waals surface area contributed by atoms with E-state index in [2.05, 4.69) is 56.0 Å². The lowest BCUT2D eigenvalue weighted by Gasteiger charge is -2.29. The zero-order valence-corrected chi connectivity index (χ0v) is 19.9. The third-order valence-electron chi connectivity index (χ3n) is 5.04. The van der Waals surface area contributed by atoms with Crippen molar-refractivity contribution >= 4 is 66.9 Å². The molecule has 1 heterocycles. The van der Waals surface area contributed by atoms with Crippen LogP contribution >= 0.6 is 38.5 Å². The first kappa shape index (κ1) is 21.1. The van der Waals surface area contributed by atoms with Crippen molar-refractivity contribution in [3.05, 3.63) is 67.7 Å². The summed E-state index contributed by atoms with van der Waals surface area (Å²) < 4.78 is 12.6. The highest BCUT2D eigenvalue weighted by Gasteiger charge is 2.31.